The van der Waals surface area contributed by atoms with Crippen LogP contribution >= 0.6 is 0 Å². The van der Waals surface area contributed by atoms with E-state index in [4.69, 9.17) is 14.2 Å². The van der Waals surface area contributed by atoms with Crippen LogP contribution in [0.4, 0.5) is 26.7 Å². The van der Waals surface area contributed by atoms with Gasteiger partial charge >= 0.3 is 12.1 Å². The third kappa shape index (κ3) is 12.4. The summed E-state index contributed by atoms with van der Waals surface area (Å²) in [7, 11) is 8.52. The number of carbonyl (C=O) groups is 6. The van der Waals surface area contributed by atoms with Crippen molar-refractivity contribution in [3.05, 3.63) is 144 Å². The fraction of sp³-hybridized carbons (Fsp3) is 0.329. The van der Waals surface area contributed by atoms with Crippen molar-refractivity contribution in [1.29, 1.82) is 5.26 Å². The molecule has 23 heteroatoms. The number of hydrogen-bond acceptors (Lipinski definition) is 12. The number of nitriles is 1. The molecule has 96 heavy (non-hydrogen) atoms. The van der Waals surface area contributed by atoms with Crippen molar-refractivity contribution in [1.82, 2.24) is 33.3 Å². The molecule has 12 rings (SSSR count). The number of aromatic nitrogens is 3. The molecule has 0 aliphatic carbocycles. The van der Waals surface area contributed by atoms with Crippen LogP contribution in [0.15, 0.2) is 127 Å². The molecule has 6 aromatic carbocycles. The SMILES string of the molecule is CCOc1ccc2c(C(=O)N(C)C)c(-c3ccc(N4C(=O)C(C)N(C)C4=O)cc3)n(CC)c2c1.CCOc1ccc2c(C(=O)N(C)C)c(-c3ccc(N4C(=O)CN(C)C4=O)cc3)n(CC)c2c1.COc1ccc2c(C#N)c(-c3cccc(N4CCCS4(=O)=O)c3)n(C(C)C)c2c1. The Kier molecular flexibility index (Phi) is 19.7. The van der Waals surface area contributed by atoms with E-state index in [9.17, 15) is 42.4 Å². The lowest BCUT2D eigenvalue weighted by molar-refractivity contribution is -0.119. The van der Waals surface area contributed by atoms with Gasteiger partial charge in [0.15, 0.2) is 0 Å². The average Bonchev–Trinajstić information content (AvgIpc) is 1.61. The fourth-order valence-electron chi connectivity index (χ4n) is 12.8. The lowest BCUT2D eigenvalue weighted by Crippen LogP contribution is -2.31. The highest BCUT2D eigenvalue weighted by molar-refractivity contribution is 7.93. The number of nitrogens with zero attached hydrogens (tertiary/aromatic N) is 11. The number of aryl methyl sites for hydroxylation is 2. The van der Waals surface area contributed by atoms with Crippen molar-refractivity contribution >= 4 is 95.5 Å². The van der Waals surface area contributed by atoms with Crippen LogP contribution in [0.5, 0.6) is 17.2 Å². The van der Waals surface area contributed by atoms with E-state index in [2.05, 4.69) is 33.6 Å². The lowest BCUT2D eigenvalue weighted by Gasteiger charge is -2.19. The van der Waals surface area contributed by atoms with Crippen molar-refractivity contribution < 1.29 is 51.4 Å². The number of benzene rings is 6. The monoisotopic (exact) mass is 1320 g/mol. The van der Waals surface area contributed by atoms with Gasteiger partial charge in [-0.3, -0.25) is 23.5 Å². The van der Waals surface area contributed by atoms with E-state index in [1.54, 1.807) is 90.4 Å². The van der Waals surface area contributed by atoms with Gasteiger partial charge in [-0.25, -0.2) is 27.8 Å². The molecule has 0 saturated carbocycles. The number of imide groups is 2. The summed E-state index contributed by atoms with van der Waals surface area (Å²) < 4.78 is 49.3. The van der Waals surface area contributed by atoms with Gasteiger partial charge in [0.1, 0.15) is 35.9 Å². The number of fused-ring (bicyclic) bond motifs is 3. The minimum Gasteiger partial charge on any atom is -0.497 e. The highest BCUT2D eigenvalue weighted by atomic mass is 32.2. The molecule has 0 bridgehead atoms. The number of anilines is 3. The highest BCUT2D eigenvalue weighted by Gasteiger charge is 2.42. The van der Waals surface area contributed by atoms with Crippen molar-refractivity contribution in [2.75, 3.05) is 95.6 Å². The number of hydrogen-bond donors (Lipinski definition) is 0. The van der Waals surface area contributed by atoms with Gasteiger partial charge in [-0.1, -0.05) is 36.4 Å². The Morgan fingerprint density at radius 1 is 0.615 bits per heavy atom. The standard InChI is InChI=1S/C26H30N4O4.C25H28N4O4.C22H23N3O3S/c1-7-29-21-15-19(34-8-2)13-14-20(21)22(25(32)27(4)5)23(29)17-9-11-18(12-10-17)30-24(31)16(3)28(6)26(30)33;1-6-28-20-14-18(33-7-2)12-13-19(20)22(24(31)26(3)4)23(28)16-8-10-17(11-9-16)29-21(30)15-27(5)25(29)32;1-15(2)25-21-13-18(28-3)8-9-19(21)20(14-23)22(25)16-6-4-7-17(12-16)24-10-5-11-29(24,26)27/h9-16H,7-8H2,1-6H3;8-14H,6-7,15H2,1-5H3;4,6-9,12-13,15H,5,10-11H2,1-3H3. The fourth-order valence-corrected chi connectivity index (χ4v) is 14.4. The van der Waals surface area contributed by atoms with Crippen LogP contribution in [0.1, 0.15) is 87.2 Å². The summed E-state index contributed by atoms with van der Waals surface area (Å²) in [6, 6.07) is 40.4. The zero-order valence-corrected chi connectivity index (χ0v) is 57.6. The number of rotatable bonds is 16. The summed E-state index contributed by atoms with van der Waals surface area (Å²) in [6.45, 7) is 16.7. The van der Waals surface area contributed by atoms with Gasteiger partial charge in [0.25, 0.3) is 23.6 Å². The van der Waals surface area contributed by atoms with Crippen LogP contribution < -0.4 is 28.3 Å². The van der Waals surface area contributed by atoms with E-state index in [0.717, 1.165) is 83.7 Å². The van der Waals surface area contributed by atoms with E-state index >= 15 is 0 Å². The smallest absolute Gasteiger partial charge is 0.331 e. The van der Waals surface area contributed by atoms with Gasteiger partial charge in [0.05, 0.1) is 93.5 Å². The summed E-state index contributed by atoms with van der Waals surface area (Å²) in [5, 5.41) is 12.5. The molecule has 3 aliphatic heterocycles. The molecular formula is C73H81N11O11S. The maximum Gasteiger partial charge on any atom is 0.331 e. The van der Waals surface area contributed by atoms with Gasteiger partial charge in [0, 0.05) is 108 Å². The molecule has 9 aromatic rings. The quantitative estimate of drug-likeness (QED) is 0.0824. The van der Waals surface area contributed by atoms with Gasteiger partial charge in [0.2, 0.25) is 10.0 Å². The molecule has 0 spiro atoms. The number of ether oxygens (including phenoxy) is 3. The maximum absolute atomic E-state index is 13.3. The molecule has 3 fully saturated rings. The molecule has 1 atom stereocenters. The Morgan fingerprint density at radius 3 is 1.53 bits per heavy atom. The second-order valence-corrected chi connectivity index (χ2v) is 26.3. The molecule has 3 saturated heterocycles. The first-order valence-corrected chi connectivity index (χ1v) is 33.6. The summed E-state index contributed by atoms with van der Waals surface area (Å²) >= 11 is 0. The predicted molar refractivity (Wildman–Crippen MR) is 375 cm³/mol. The van der Waals surface area contributed by atoms with Gasteiger partial charge in [-0.2, -0.15) is 5.26 Å². The van der Waals surface area contributed by atoms with Crippen molar-refractivity contribution in [3.8, 4) is 57.1 Å². The van der Waals surface area contributed by atoms with E-state index in [1.165, 1.54) is 23.9 Å². The number of amides is 8. The zero-order valence-electron chi connectivity index (χ0n) is 56.8. The van der Waals surface area contributed by atoms with Crippen molar-refractivity contribution in [2.45, 2.75) is 80.1 Å². The maximum atomic E-state index is 13.3. The first-order valence-electron chi connectivity index (χ1n) is 32.0. The molecule has 0 N–H and O–H groups in total. The largest absolute Gasteiger partial charge is 0.497 e. The van der Waals surface area contributed by atoms with Crippen LogP contribution in [0, 0.1) is 11.3 Å². The summed E-state index contributed by atoms with van der Waals surface area (Å²) in [5.41, 5.74) is 11.1. The third-order valence-electron chi connectivity index (χ3n) is 17.5. The average molecular weight is 1320 g/mol. The van der Waals surface area contributed by atoms with Crippen molar-refractivity contribution in [3.63, 3.8) is 0 Å². The Labute approximate surface area is 559 Å². The van der Waals surface area contributed by atoms with Gasteiger partial charge in [-0.15, -0.1) is 0 Å². The molecule has 22 nitrogen and oxygen atoms in total. The summed E-state index contributed by atoms with van der Waals surface area (Å²) in [6.07, 6.45) is 0.627. The molecule has 8 amide bonds. The summed E-state index contributed by atoms with van der Waals surface area (Å²) in [5.74, 6) is 1.69. The number of likely N-dealkylation sites (N-methyl/N-ethyl adjacent to an activating group) is 2. The van der Waals surface area contributed by atoms with Gasteiger partial charge in [-0.05, 0) is 139 Å². The number of methoxy groups -OCH3 is 1. The predicted octanol–water partition coefficient (Wildman–Crippen LogP) is 12.4. The minimum atomic E-state index is -3.27. The molecular weight excluding hydrogens is 1240 g/mol. The van der Waals surface area contributed by atoms with Crippen molar-refractivity contribution in [2.24, 2.45) is 0 Å². The Bertz CT molecular complexity index is 4670. The second-order valence-electron chi connectivity index (χ2n) is 24.2. The lowest BCUT2D eigenvalue weighted by atomic mass is 10.0. The molecule has 0 radical (unpaired) electrons. The molecule has 500 valence electrons. The minimum absolute atomic E-state index is 0.0638. The third-order valence-corrected chi connectivity index (χ3v) is 19.4. The van der Waals surface area contributed by atoms with Crippen LogP contribution in [0.3, 0.4) is 0 Å². The van der Waals surface area contributed by atoms with Crippen LogP contribution in [-0.4, -0.2) is 165 Å². The zero-order chi connectivity index (χ0) is 69.4. The van der Waals surface area contributed by atoms with Gasteiger partial charge < -0.3 is 47.5 Å². The Balaban J connectivity index is 0.000000157. The number of urea groups is 2. The molecule has 3 aromatic heterocycles. The van der Waals surface area contributed by atoms with E-state index in [1.807, 2.05) is 131 Å². The first kappa shape index (κ1) is 68.3. The number of carbonyl (C=O) groups excluding carboxylic acids is 6. The van der Waals surface area contributed by atoms with Crippen LogP contribution in [0.2, 0.25) is 0 Å². The van der Waals surface area contributed by atoms with Crippen LogP contribution in [-0.2, 0) is 32.7 Å². The molecule has 1 unspecified atom stereocenters. The highest BCUT2D eigenvalue weighted by Crippen LogP contribution is 2.42. The normalized spacial score (nSPS) is 15.2. The van der Waals surface area contributed by atoms with E-state index < -0.39 is 16.1 Å². The Morgan fingerprint density at radius 2 is 1.11 bits per heavy atom. The second kappa shape index (κ2) is 27.8. The molecule has 3 aliphatic rings. The Hall–Kier alpha value is -10.6. The topological polar surface area (TPSA) is 226 Å². The summed E-state index contributed by atoms with van der Waals surface area (Å²) in [4.78, 5) is 84.7. The van der Waals surface area contributed by atoms with Crippen LogP contribution in [0.25, 0.3) is 66.5 Å². The first-order chi connectivity index (χ1) is 45.9. The van der Waals surface area contributed by atoms with E-state index in [-0.39, 0.29) is 54.0 Å². The molecule has 6 heterocycles. The van der Waals surface area contributed by atoms with E-state index in [0.29, 0.717) is 73.0 Å². The number of sulfonamides is 1.